The third kappa shape index (κ3) is 3.57. The van der Waals surface area contributed by atoms with Crippen molar-refractivity contribution >= 4 is 29.3 Å². The molecule has 1 aromatic rings. The molecule has 0 spiro atoms. The summed E-state index contributed by atoms with van der Waals surface area (Å²) in [5, 5.41) is 3.91. The molecular weight excluding hydrogens is 302 g/mol. The van der Waals surface area contributed by atoms with E-state index >= 15 is 0 Å². The fourth-order valence-corrected chi connectivity index (χ4v) is 5.06. The molecule has 21 heavy (non-hydrogen) atoms. The molecule has 114 valence electrons. The van der Waals surface area contributed by atoms with Gasteiger partial charge in [0.15, 0.2) is 0 Å². The van der Waals surface area contributed by atoms with Crippen LogP contribution in [0.25, 0.3) is 0 Å². The number of benzene rings is 1. The number of rotatable bonds is 5. The minimum atomic E-state index is 0.121. The first-order valence-corrected chi connectivity index (χ1v) is 9.16. The quantitative estimate of drug-likeness (QED) is 0.815. The van der Waals surface area contributed by atoms with Gasteiger partial charge in [-0.1, -0.05) is 30.2 Å². The number of nitrogens with one attached hydrogen (secondary N) is 1. The molecule has 2 nitrogen and oxygen atoms in total. The summed E-state index contributed by atoms with van der Waals surface area (Å²) in [6.07, 6.45) is 5.47. The number of carbonyl (C=O) groups excluding carboxylic acids is 1. The number of amides is 1. The molecular formula is C17H22ClNOS. The van der Waals surface area contributed by atoms with Crippen LogP contribution in [-0.4, -0.2) is 17.7 Å². The number of carbonyl (C=O) groups is 1. The Kier molecular flexibility index (Phi) is 4.80. The van der Waals surface area contributed by atoms with E-state index in [1.54, 1.807) is 0 Å². The lowest BCUT2D eigenvalue weighted by atomic mass is 9.84. The molecule has 0 aromatic heterocycles. The fourth-order valence-electron chi connectivity index (χ4n) is 4.01. The Balaban J connectivity index is 1.47. The Morgan fingerprint density at radius 1 is 1.38 bits per heavy atom. The van der Waals surface area contributed by atoms with E-state index in [0.717, 1.165) is 21.8 Å². The Labute approximate surface area is 136 Å². The second-order valence-corrected chi connectivity index (χ2v) is 7.84. The third-order valence-corrected chi connectivity index (χ3v) is 6.53. The second kappa shape index (κ2) is 6.62. The molecule has 0 heterocycles. The van der Waals surface area contributed by atoms with Crippen LogP contribution < -0.4 is 5.32 Å². The number of hydrogen-bond donors (Lipinski definition) is 1. The van der Waals surface area contributed by atoms with Crippen LogP contribution in [0.4, 0.5) is 0 Å². The maximum atomic E-state index is 12.1. The molecule has 0 saturated heterocycles. The van der Waals surface area contributed by atoms with Crippen molar-refractivity contribution in [2.45, 2.75) is 43.5 Å². The van der Waals surface area contributed by atoms with Gasteiger partial charge in [-0.2, -0.15) is 0 Å². The molecule has 0 aliphatic heterocycles. The first kappa shape index (κ1) is 15.2. The standard InChI is InChI=1S/C17H22ClNOS/c1-11(14-9-12-6-7-13(14)8-12)19-17(20)10-21-16-5-3-2-4-15(16)18/h2-5,11-14H,6-10H2,1H3,(H,19,20)/t11-,12+,13+,14-/m0/s1. The monoisotopic (exact) mass is 323 g/mol. The Morgan fingerprint density at radius 3 is 2.86 bits per heavy atom. The van der Waals surface area contributed by atoms with E-state index in [2.05, 4.69) is 12.2 Å². The maximum Gasteiger partial charge on any atom is 0.230 e. The normalized spacial score (nSPS) is 28.6. The highest BCUT2D eigenvalue weighted by Crippen LogP contribution is 2.49. The minimum Gasteiger partial charge on any atom is -0.353 e. The largest absolute Gasteiger partial charge is 0.353 e. The van der Waals surface area contributed by atoms with Crippen molar-refractivity contribution in [1.82, 2.24) is 5.32 Å². The summed E-state index contributed by atoms with van der Waals surface area (Å²) >= 11 is 7.62. The minimum absolute atomic E-state index is 0.121. The molecule has 1 N–H and O–H groups in total. The van der Waals surface area contributed by atoms with E-state index in [4.69, 9.17) is 11.6 Å². The number of hydrogen-bond acceptors (Lipinski definition) is 2. The fraction of sp³-hybridized carbons (Fsp3) is 0.588. The molecule has 2 saturated carbocycles. The number of fused-ring (bicyclic) bond motifs is 2. The van der Waals surface area contributed by atoms with Gasteiger partial charge in [-0.3, -0.25) is 4.79 Å². The van der Waals surface area contributed by atoms with Crippen LogP contribution in [0.3, 0.4) is 0 Å². The van der Waals surface area contributed by atoms with Crippen LogP contribution in [0.1, 0.15) is 32.6 Å². The molecule has 2 fully saturated rings. The molecule has 2 aliphatic rings. The molecule has 0 unspecified atom stereocenters. The van der Waals surface area contributed by atoms with Gasteiger partial charge in [0, 0.05) is 10.9 Å². The summed E-state index contributed by atoms with van der Waals surface area (Å²) in [7, 11) is 0. The molecule has 4 atom stereocenters. The van der Waals surface area contributed by atoms with E-state index < -0.39 is 0 Å². The predicted molar refractivity (Wildman–Crippen MR) is 88.7 cm³/mol. The van der Waals surface area contributed by atoms with Crippen molar-refractivity contribution in [2.75, 3.05) is 5.75 Å². The molecule has 2 bridgehead atoms. The molecule has 1 amide bonds. The van der Waals surface area contributed by atoms with E-state index in [9.17, 15) is 4.79 Å². The summed E-state index contributed by atoms with van der Waals surface area (Å²) in [5.41, 5.74) is 0. The highest BCUT2D eigenvalue weighted by Gasteiger charge is 2.42. The van der Waals surface area contributed by atoms with Crippen LogP contribution in [0.5, 0.6) is 0 Å². The zero-order chi connectivity index (χ0) is 14.8. The topological polar surface area (TPSA) is 29.1 Å². The van der Waals surface area contributed by atoms with Gasteiger partial charge in [-0.15, -0.1) is 11.8 Å². The predicted octanol–water partition coefficient (Wildman–Crippen LogP) is 4.37. The van der Waals surface area contributed by atoms with Gasteiger partial charge in [-0.05, 0) is 56.1 Å². The van der Waals surface area contributed by atoms with Crippen LogP contribution in [0.2, 0.25) is 5.02 Å². The van der Waals surface area contributed by atoms with Crippen LogP contribution >= 0.6 is 23.4 Å². The molecule has 1 aromatic carbocycles. The lowest BCUT2D eigenvalue weighted by molar-refractivity contribution is -0.119. The van der Waals surface area contributed by atoms with E-state index in [-0.39, 0.29) is 5.91 Å². The van der Waals surface area contributed by atoms with E-state index in [0.29, 0.717) is 17.7 Å². The Bertz CT molecular complexity index is 521. The van der Waals surface area contributed by atoms with Gasteiger partial charge in [0.05, 0.1) is 10.8 Å². The van der Waals surface area contributed by atoms with Gasteiger partial charge in [0.1, 0.15) is 0 Å². The smallest absolute Gasteiger partial charge is 0.230 e. The van der Waals surface area contributed by atoms with Crippen LogP contribution in [-0.2, 0) is 4.79 Å². The highest BCUT2D eigenvalue weighted by atomic mass is 35.5. The Hall–Kier alpha value is -0.670. The average molecular weight is 324 g/mol. The zero-order valence-electron chi connectivity index (χ0n) is 12.3. The highest BCUT2D eigenvalue weighted by molar-refractivity contribution is 8.00. The summed E-state index contributed by atoms with van der Waals surface area (Å²) in [6.45, 7) is 2.17. The lowest BCUT2D eigenvalue weighted by Gasteiger charge is -2.28. The SMILES string of the molecule is C[C@H](NC(=O)CSc1ccccc1Cl)[C@@H]1C[C@@H]2CC[C@@H]1C2. The maximum absolute atomic E-state index is 12.1. The van der Waals surface area contributed by atoms with Crippen LogP contribution in [0.15, 0.2) is 29.2 Å². The third-order valence-electron chi connectivity index (χ3n) is 5.02. The molecule has 4 heteroatoms. The van der Waals surface area contributed by atoms with Crippen molar-refractivity contribution in [3.8, 4) is 0 Å². The zero-order valence-corrected chi connectivity index (χ0v) is 13.9. The van der Waals surface area contributed by atoms with Gasteiger partial charge in [-0.25, -0.2) is 0 Å². The summed E-state index contributed by atoms with van der Waals surface area (Å²) in [4.78, 5) is 13.1. The van der Waals surface area contributed by atoms with Gasteiger partial charge in [0.2, 0.25) is 5.91 Å². The summed E-state index contributed by atoms with van der Waals surface area (Å²) < 4.78 is 0. The molecule has 0 radical (unpaired) electrons. The second-order valence-electron chi connectivity index (χ2n) is 6.41. The summed E-state index contributed by atoms with van der Waals surface area (Å²) in [5.74, 6) is 3.03. The first-order chi connectivity index (χ1) is 10.1. The van der Waals surface area contributed by atoms with Gasteiger partial charge >= 0.3 is 0 Å². The first-order valence-electron chi connectivity index (χ1n) is 7.80. The van der Waals surface area contributed by atoms with Gasteiger partial charge < -0.3 is 5.32 Å². The van der Waals surface area contributed by atoms with Crippen molar-refractivity contribution in [3.05, 3.63) is 29.3 Å². The Morgan fingerprint density at radius 2 is 2.19 bits per heavy atom. The molecule has 3 rings (SSSR count). The van der Waals surface area contributed by atoms with Crippen molar-refractivity contribution in [2.24, 2.45) is 17.8 Å². The number of thioether (sulfide) groups is 1. The van der Waals surface area contributed by atoms with Crippen molar-refractivity contribution in [1.29, 1.82) is 0 Å². The van der Waals surface area contributed by atoms with Gasteiger partial charge in [0.25, 0.3) is 0 Å². The average Bonchev–Trinajstić information content (AvgIpc) is 3.09. The lowest BCUT2D eigenvalue weighted by Crippen LogP contribution is -2.40. The van der Waals surface area contributed by atoms with E-state index in [1.807, 2.05) is 24.3 Å². The van der Waals surface area contributed by atoms with Crippen molar-refractivity contribution < 1.29 is 4.79 Å². The summed E-state index contributed by atoms with van der Waals surface area (Å²) in [6, 6.07) is 7.98. The number of halogens is 1. The van der Waals surface area contributed by atoms with Crippen molar-refractivity contribution in [3.63, 3.8) is 0 Å². The van der Waals surface area contributed by atoms with Crippen LogP contribution in [0, 0.1) is 17.8 Å². The molecule has 2 aliphatic carbocycles. The van der Waals surface area contributed by atoms with E-state index in [1.165, 1.54) is 37.4 Å².